The molecule has 0 saturated heterocycles. The first-order valence-electron chi connectivity index (χ1n) is 8.87. The first-order valence-corrected chi connectivity index (χ1v) is 10.4. The van der Waals surface area contributed by atoms with Crippen LogP contribution in [0.2, 0.25) is 0 Å². The molecule has 0 unspecified atom stereocenters. The molecule has 6 heteroatoms. The molecular formula is C18H24N2O3S. The van der Waals surface area contributed by atoms with Crippen molar-refractivity contribution in [3.05, 3.63) is 23.8 Å². The van der Waals surface area contributed by atoms with Gasteiger partial charge in [-0.3, -0.25) is 4.79 Å². The predicted molar refractivity (Wildman–Crippen MR) is 92.1 cm³/mol. The van der Waals surface area contributed by atoms with E-state index in [0.717, 1.165) is 23.6 Å². The molecule has 2 bridgehead atoms. The Morgan fingerprint density at radius 3 is 2.75 bits per heavy atom. The van der Waals surface area contributed by atoms with Crippen LogP contribution in [0.25, 0.3) is 0 Å². The molecule has 1 aromatic rings. The molecule has 130 valence electrons. The molecule has 2 N–H and O–H groups in total. The fraction of sp³-hybridized carbons (Fsp3) is 0.611. The molecule has 0 radical (unpaired) electrons. The number of sulfonamides is 1. The zero-order valence-corrected chi connectivity index (χ0v) is 14.7. The van der Waals surface area contributed by atoms with Crippen LogP contribution in [0.4, 0.5) is 5.69 Å². The molecule has 3 aliphatic rings. The Bertz CT molecular complexity index is 774. The van der Waals surface area contributed by atoms with Gasteiger partial charge in [-0.15, -0.1) is 0 Å². The van der Waals surface area contributed by atoms with Gasteiger partial charge in [0.25, 0.3) is 0 Å². The van der Waals surface area contributed by atoms with Gasteiger partial charge in [0.2, 0.25) is 15.9 Å². The highest BCUT2D eigenvalue weighted by molar-refractivity contribution is 7.89. The molecule has 1 aliphatic heterocycles. The highest BCUT2D eigenvalue weighted by Gasteiger charge is 2.42. The molecule has 2 saturated carbocycles. The second-order valence-corrected chi connectivity index (χ2v) is 9.33. The van der Waals surface area contributed by atoms with Gasteiger partial charge in [-0.2, -0.15) is 0 Å². The quantitative estimate of drug-likeness (QED) is 0.878. The first-order chi connectivity index (χ1) is 11.4. The molecule has 1 aromatic carbocycles. The number of hydrogen-bond acceptors (Lipinski definition) is 3. The number of hydrogen-bond donors (Lipinski definition) is 2. The lowest BCUT2D eigenvalue weighted by atomic mass is 9.84. The minimum Gasteiger partial charge on any atom is -0.326 e. The third-order valence-electron chi connectivity index (χ3n) is 6.06. The molecule has 0 spiro atoms. The summed E-state index contributed by atoms with van der Waals surface area (Å²) in [5.74, 6) is 1.95. The largest absolute Gasteiger partial charge is 0.326 e. The van der Waals surface area contributed by atoms with Crippen molar-refractivity contribution in [1.29, 1.82) is 0 Å². The van der Waals surface area contributed by atoms with E-state index in [-0.39, 0.29) is 11.9 Å². The maximum atomic E-state index is 12.8. The fourth-order valence-corrected chi connectivity index (χ4v) is 6.18. The van der Waals surface area contributed by atoms with Crippen LogP contribution < -0.4 is 10.0 Å². The number of nitrogens with one attached hydrogen (secondary N) is 2. The summed E-state index contributed by atoms with van der Waals surface area (Å²) in [5.41, 5.74) is 1.62. The van der Waals surface area contributed by atoms with E-state index in [4.69, 9.17) is 0 Å². The lowest BCUT2D eigenvalue weighted by Crippen LogP contribution is -2.40. The van der Waals surface area contributed by atoms with Crippen molar-refractivity contribution in [3.8, 4) is 0 Å². The van der Waals surface area contributed by atoms with Crippen LogP contribution in [0.5, 0.6) is 0 Å². The molecule has 1 amide bonds. The van der Waals surface area contributed by atoms with Crippen LogP contribution >= 0.6 is 0 Å². The standard InChI is InChI=1S/C18H24N2O3S/c1-11(16-9-12-2-3-13(16)8-12)20-24(22,23)15-5-6-17-14(10-15)4-7-18(21)19-17/h5-6,10-13,16,20H,2-4,7-9H2,1H3,(H,19,21)/t11-,12+,13+,16-/m1/s1. The maximum absolute atomic E-state index is 12.8. The van der Waals surface area contributed by atoms with Gasteiger partial charge in [0, 0.05) is 18.2 Å². The Balaban J connectivity index is 1.51. The number of rotatable bonds is 4. The lowest BCUT2D eigenvalue weighted by molar-refractivity contribution is -0.116. The summed E-state index contributed by atoms with van der Waals surface area (Å²) < 4.78 is 28.4. The number of amides is 1. The van der Waals surface area contributed by atoms with E-state index in [1.807, 2.05) is 6.92 Å². The molecule has 5 nitrogen and oxygen atoms in total. The molecule has 4 rings (SSSR count). The summed E-state index contributed by atoms with van der Waals surface area (Å²) >= 11 is 0. The van der Waals surface area contributed by atoms with E-state index in [1.165, 1.54) is 19.3 Å². The van der Waals surface area contributed by atoms with Crippen molar-refractivity contribution in [1.82, 2.24) is 4.72 Å². The van der Waals surface area contributed by atoms with E-state index in [9.17, 15) is 13.2 Å². The summed E-state index contributed by atoms with van der Waals surface area (Å²) in [6, 6.07) is 4.95. The smallest absolute Gasteiger partial charge is 0.240 e. The van der Waals surface area contributed by atoms with Crippen molar-refractivity contribution in [2.45, 2.75) is 56.4 Å². The monoisotopic (exact) mass is 348 g/mol. The first kappa shape index (κ1) is 16.1. The second-order valence-electron chi connectivity index (χ2n) is 7.62. The number of fused-ring (bicyclic) bond motifs is 3. The van der Waals surface area contributed by atoms with Crippen molar-refractivity contribution >= 4 is 21.6 Å². The zero-order chi connectivity index (χ0) is 16.9. The van der Waals surface area contributed by atoms with Gasteiger partial charge in [0.05, 0.1) is 4.90 Å². The van der Waals surface area contributed by atoms with Gasteiger partial charge >= 0.3 is 0 Å². The Kier molecular flexibility index (Phi) is 3.92. The Morgan fingerprint density at radius 1 is 1.21 bits per heavy atom. The van der Waals surface area contributed by atoms with Gasteiger partial charge in [-0.25, -0.2) is 13.1 Å². The molecule has 0 aromatic heterocycles. The zero-order valence-electron chi connectivity index (χ0n) is 13.9. The van der Waals surface area contributed by atoms with E-state index in [1.54, 1.807) is 18.2 Å². The lowest BCUT2D eigenvalue weighted by Gasteiger charge is -2.28. The Hall–Kier alpha value is -1.40. The Labute approximate surface area is 143 Å². The van der Waals surface area contributed by atoms with Gasteiger partial charge in [-0.1, -0.05) is 6.42 Å². The van der Waals surface area contributed by atoms with Crippen LogP contribution in [0.1, 0.15) is 44.6 Å². The summed E-state index contributed by atoms with van der Waals surface area (Å²) in [5, 5.41) is 2.79. The van der Waals surface area contributed by atoms with Gasteiger partial charge in [-0.05, 0) is 74.1 Å². The van der Waals surface area contributed by atoms with Gasteiger partial charge in [0.15, 0.2) is 0 Å². The van der Waals surface area contributed by atoms with E-state index in [0.29, 0.717) is 29.6 Å². The predicted octanol–water partition coefficient (Wildman–Crippen LogP) is 2.67. The summed E-state index contributed by atoms with van der Waals surface area (Å²) in [6.45, 7) is 2.00. The van der Waals surface area contributed by atoms with Crippen LogP contribution in [-0.4, -0.2) is 20.4 Å². The van der Waals surface area contributed by atoms with Crippen LogP contribution in [0.3, 0.4) is 0 Å². The average Bonchev–Trinajstić information content (AvgIpc) is 3.17. The average molecular weight is 348 g/mol. The highest BCUT2D eigenvalue weighted by Crippen LogP contribution is 2.49. The van der Waals surface area contributed by atoms with Crippen molar-refractivity contribution < 1.29 is 13.2 Å². The highest BCUT2D eigenvalue weighted by atomic mass is 32.2. The molecule has 2 fully saturated rings. The van der Waals surface area contributed by atoms with E-state index in [2.05, 4.69) is 10.0 Å². The summed E-state index contributed by atoms with van der Waals surface area (Å²) in [4.78, 5) is 11.7. The molecule has 4 atom stereocenters. The molecule has 1 heterocycles. The van der Waals surface area contributed by atoms with Crippen molar-refractivity contribution in [3.63, 3.8) is 0 Å². The molecule has 24 heavy (non-hydrogen) atoms. The number of carbonyl (C=O) groups is 1. The Morgan fingerprint density at radius 2 is 2.04 bits per heavy atom. The van der Waals surface area contributed by atoms with Crippen LogP contribution in [0.15, 0.2) is 23.1 Å². The maximum Gasteiger partial charge on any atom is 0.240 e. The second kappa shape index (κ2) is 5.85. The number of anilines is 1. The fourth-order valence-electron chi connectivity index (χ4n) is 4.83. The SMILES string of the molecule is C[C@@H](NS(=O)(=O)c1ccc2c(c1)CCC(=O)N2)[C@H]1C[C@H]2CC[C@H]1C2. The molecular weight excluding hydrogens is 324 g/mol. The minimum atomic E-state index is -3.52. The van der Waals surface area contributed by atoms with Gasteiger partial charge < -0.3 is 5.32 Å². The third-order valence-corrected chi connectivity index (χ3v) is 7.62. The summed E-state index contributed by atoms with van der Waals surface area (Å²) in [6.07, 6.45) is 5.99. The van der Waals surface area contributed by atoms with E-state index < -0.39 is 10.0 Å². The van der Waals surface area contributed by atoms with Gasteiger partial charge in [0.1, 0.15) is 0 Å². The van der Waals surface area contributed by atoms with Crippen LogP contribution in [-0.2, 0) is 21.2 Å². The van der Waals surface area contributed by atoms with Crippen LogP contribution in [0, 0.1) is 17.8 Å². The number of benzene rings is 1. The normalized spacial score (nSPS) is 30.0. The molecule has 2 aliphatic carbocycles. The number of aryl methyl sites for hydroxylation is 1. The minimum absolute atomic E-state index is 0.0128. The topological polar surface area (TPSA) is 75.3 Å². The number of carbonyl (C=O) groups excluding carboxylic acids is 1. The van der Waals surface area contributed by atoms with Crippen molar-refractivity contribution in [2.75, 3.05) is 5.32 Å². The van der Waals surface area contributed by atoms with E-state index >= 15 is 0 Å². The summed E-state index contributed by atoms with van der Waals surface area (Å²) in [7, 11) is -3.52. The van der Waals surface area contributed by atoms with Crippen molar-refractivity contribution in [2.24, 2.45) is 17.8 Å². The third kappa shape index (κ3) is 2.86.